The molecule has 0 spiro atoms. The van der Waals surface area contributed by atoms with Crippen molar-refractivity contribution >= 4 is 6.21 Å². The number of nitriles is 1. The smallest absolute Gasteiger partial charge is 0.101 e. The molecule has 0 saturated heterocycles. The first-order valence-electron chi connectivity index (χ1n) is 3.28. The maximum Gasteiger partial charge on any atom is 0.101 e. The van der Waals surface area contributed by atoms with Gasteiger partial charge in [0.25, 0.3) is 0 Å². The molecule has 0 aliphatic carbocycles. The molecule has 0 saturated carbocycles. The molecule has 0 N–H and O–H groups in total. The van der Waals surface area contributed by atoms with Crippen LogP contribution in [0.1, 0.15) is 20.3 Å². The molecule has 0 unspecified atom stereocenters. The van der Waals surface area contributed by atoms with E-state index in [1.807, 2.05) is 13.8 Å². The van der Waals surface area contributed by atoms with Crippen LogP contribution in [0.2, 0.25) is 0 Å². The van der Waals surface area contributed by atoms with E-state index in [1.54, 1.807) is 13.3 Å². The molecule has 10 heavy (non-hydrogen) atoms. The molecule has 0 heterocycles. The molecule has 2 heteroatoms. The topological polar surface area (TPSA) is 36.1 Å². The molecule has 0 fully saturated rings. The molecule has 0 aliphatic heterocycles. The molecule has 2 nitrogen and oxygen atoms in total. The minimum absolute atomic E-state index is 0.685. The summed E-state index contributed by atoms with van der Waals surface area (Å²) in [6.07, 6.45) is 2.51. The van der Waals surface area contributed by atoms with E-state index < -0.39 is 0 Å². The van der Waals surface area contributed by atoms with Crippen LogP contribution in [0.5, 0.6) is 0 Å². The highest BCUT2D eigenvalue weighted by Gasteiger charge is 1.93. The summed E-state index contributed by atoms with van der Waals surface area (Å²) in [5.41, 5.74) is 1.78. The van der Waals surface area contributed by atoms with Gasteiger partial charge in [0.1, 0.15) is 6.07 Å². The number of hydrogen-bond acceptors (Lipinski definition) is 2. The Morgan fingerprint density at radius 3 is 2.60 bits per heavy atom. The van der Waals surface area contributed by atoms with Crippen LogP contribution < -0.4 is 0 Å². The van der Waals surface area contributed by atoms with E-state index in [-0.39, 0.29) is 0 Å². The van der Waals surface area contributed by atoms with Gasteiger partial charge in [0.2, 0.25) is 0 Å². The third kappa shape index (κ3) is 2.45. The number of nitrogens with zero attached hydrogens (tertiary/aromatic N) is 2. The summed E-state index contributed by atoms with van der Waals surface area (Å²) in [7, 11) is 1.67. The van der Waals surface area contributed by atoms with Gasteiger partial charge in [0.15, 0.2) is 0 Å². The van der Waals surface area contributed by atoms with Crippen LogP contribution in [-0.2, 0) is 0 Å². The molecule has 54 valence electrons. The molecular formula is C8H12N2. The van der Waals surface area contributed by atoms with Crippen LogP contribution in [0.25, 0.3) is 0 Å². The van der Waals surface area contributed by atoms with Crippen molar-refractivity contribution in [3.63, 3.8) is 0 Å². The average molecular weight is 136 g/mol. The number of rotatable bonds is 2. The van der Waals surface area contributed by atoms with Crippen molar-refractivity contribution in [3.8, 4) is 6.07 Å². The van der Waals surface area contributed by atoms with Gasteiger partial charge in [-0.3, -0.25) is 4.99 Å². The molecule has 0 aliphatic rings. The number of allylic oxidation sites excluding steroid dienone is 2. The lowest BCUT2D eigenvalue weighted by Gasteiger charge is -1.93. The van der Waals surface area contributed by atoms with E-state index in [9.17, 15) is 0 Å². The van der Waals surface area contributed by atoms with E-state index in [0.29, 0.717) is 5.57 Å². The van der Waals surface area contributed by atoms with E-state index in [1.165, 1.54) is 0 Å². The van der Waals surface area contributed by atoms with E-state index in [4.69, 9.17) is 5.26 Å². The van der Waals surface area contributed by atoms with Crippen LogP contribution in [-0.4, -0.2) is 13.3 Å². The summed E-state index contributed by atoms with van der Waals surface area (Å²) < 4.78 is 0. The molecule has 0 bridgehead atoms. The van der Waals surface area contributed by atoms with Crippen LogP contribution in [0, 0.1) is 11.3 Å². The fourth-order valence-corrected chi connectivity index (χ4v) is 0.554. The number of aliphatic imine (C=N–C) groups is 1. The second-order valence-electron chi connectivity index (χ2n) is 2.05. The SMILES string of the molecule is CC/C(C)=C(/C#N)C=NC. The molecule has 0 aromatic heterocycles. The molecular weight excluding hydrogens is 124 g/mol. The van der Waals surface area contributed by atoms with Gasteiger partial charge in [0, 0.05) is 13.3 Å². The zero-order valence-electron chi connectivity index (χ0n) is 6.68. The standard InChI is InChI=1S/C8H12N2/c1-4-7(2)8(5-9)6-10-3/h6H,4H2,1-3H3/b8-7-,10-6?. The van der Waals surface area contributed by atoms with E-state index in [2.05, 4.69) is 11.1 Å². The Labute approximate surface area is 61.9 Å². The van der Waals surface area contributed by atoms with Crippen LogP contribution in [0.3, 0.4) is 0 Å². The van der Waals surface area contributed by atoms with Crippen LogP contribution >= 0.6 is 0 Å². The quantitative estimate of drug-likeness (QED) is 0.422. The highest BCUT2D eigenvalue weighted by molar-refractivity contribution is 5.84. The maximum absolute atomic E-state index is 8.56. The summed E-state index contributed by atoms with van der Waals surface area (Å²) in [5.74, 6) is 0. The molecule has 0 rings (SSSR count). The summed E-state index contributed by atoms with van der Waals surface area (Å²) in [4.78, 5) is 3.77. The Morgan fingerprint density at radius 1 is 1.70 bits per heavy atom. The van der Waals surface area contributed by atoms with Crippen molar-refractivity contribution in [1.82, 2.24) is 0 Å². The van der Waals surface area contributed by atoms with Gasteiger partial charge < -0.3 is 0 Å². The van der Waals surface area contributed by atoms with Crippen molar-refractivity contribution in [2.45, 2.75) is 20.3 Å². The highest BCUT2D eigenvalue weighted by Crippen LogP contribution is 2.03. The van der Waals surface area contributed by atoms with Crippen molar-refractivity contribution in [3.05, 3.63) is 11.1 Å². The van der Waals surface area contributed by atoms with Crippen molar-refractivity contribution in [2.24, 2.45) is 4.99 Å². The van der Waals surface area contributed by atoms with Gasteiger partial charge in [-0.15, -0.1) is 0 Å². The lowest BCUT2D eigenvalue weighted by molar-refractivity contribution is 1.09. The van der Waals surface area contributed by atoms with Crippen molar-refractivity contribution in [1.29, 1.82) is 5.26 Å². The predicted octanol–water partition coefficient (Wildman–Crippen LogP) is 1.94. The summed E-state index contributed by atoms with van der Waals surface area (Å²) >= 11 is 0. The fourth-order valence-electron chi connectivity index (χ4n) is 0.554. The molecule has 0 amide bonds. The largest absolute Gasteiger partial charge is 0.295 e. The lowest BCUT2D eigenvalue weighted by Crippen LogP contribution is -1.85. The normalized spacial score (nSPS) is 13.0. The first-order chi connectivity index (χ1) is 4.76. The predicted molar refractivity (Wildman–Crippen MR) is 43.0 cm³/mol. The monoisotopic (exact) mass is 136 g/mol. The van der Waals surface area contributed by atoms with Crippen LogP contribution in [0.4, 0.5) is 0 Å². The Kier molecular flexibility index (Phi) is 4.23. The first kappa shape index (κ1) is 8.90. The summed E-state index contributed by atoms with van der Waals surface area (Å²) in [6.45, 7) is 3.97. The zero-order valence-corrected chi connectivity index (χ0v) is 6.68. The van der Waals surface area contributed by atoms with E-state index >= 15 is 0 Å². The molecule has 0 aromatic carbocycles. The zero-order chi connectivity index (χ0) is 7.98. The molecule has 0 radical (unpaired) electrons. The van der Waals surface area contributed by atoms with Gasteiger partial charge in [-0.25, -0.2) is 0 Å². The van der Waals surface area contributed by atoms with Gasteiger partial charge >= 0.3 is 0 Å². The minimum atomic E-state index is 0.685. The fraction of sp³-hybridized carbons (Fsp3) is 0.500. The van der Waals surface area contributed by atoms with E-state index in [0.717, 1.165) is 12.0 Å². The molecule has 0 aromatic rings. The van der Waals surface area contributed by atoms with Crippen LogP contribution in [0.15, 0.2) is 16.1 Å². The molecule has 0 atom stereocenters. The second kappa shape index (κ2) is 4.75. The summed E-state index contributed by atoms with van der Waals surface area (Å²) in [6, 6.07) is 2.08. The van der Waals surface area contributed by atoms with Crippen molar-refractivity contribution < 1.29 is 0 Å². The Morgan fingerprint density at radius 2 is 2.30 bits per heavy atom. The highest BCUT2D eigenvalue weighted by atomic mass is 14.6. The van der Waals surface area contributed by atoms with Crippen molar-refractivity contribution in [2.75, 3.05) is 7.05 Å². The van der Waals surface area contributed by atoms with Gasteiger partial charge in [-0.05, 0) is 13.3 Å². The second-order valence-corrected chi connectivity index (χ2v) is 2.05. The lowest BCUT2D eigenvalue weighted by atomic mass is 10.1. The van der Waals surface area contributed by atoms with Gasteiger partial charge in [-0.2, -0.15) is 5.26 Å². The summed E-state index contributed by atoms with van der Waals surface area (Å²) in [5, 5.41) is 8.56. The van der Waals surface area contributed by atoms with Gasteiger partial charge in [0.05, 0.1) is 5.57 Å². The minimum Gasteiger partial charge on any atom is -0.295 e. The third-order valence-corrected chi connectivity index (χ3v) is 1.37. The Hall–Kier alpha value is -1.10. The Balaban J connectivity index is 4.50. The first-order valence-corrected chi connectivity index (χ1v) is 3.28. The average Bonchev–Trinajstić information content (AvgIpc) is 1.99. The van der Waals surface area contributed by atoms with Gasteiger partial charge in [-0.1, -0.05) is 12.5 Å². The maximum atomic E-state index is 8.56. The number of hydrogen-bond donors (Lipinski definition) is 0. The third-order valence-electron chi connectivity index (χ3n) is 1.37. The Bertz CT molecular complexity index is 194.